The Bertz CT molecular complexity index is 782. The molecule has 0 spiro atoms. The number of amides is 1. The van der Waals surface area contributed by atoms with Crippen molar-refractivity contribution in [2.45, 2.75) is 64.3 Å². The largest absolute Gasteiger partial charge is 0.466 e. The van der Waals surface area contributed by atoms with Gasteiger partial charge in [0.05, 0.1) is 5.41 Å². The standard InChI is InChI=1S/C23H32N2O2S/c1-17-14-20(18(2)27-17)16-25-11-7-19(8-12-25)15-24-22(26)23(9-3-4-10-23)21-6-5-13-28-21/h5-6,13-14,19H,3-4,7-12,15-16H2,1-2H3,(H,24,26). The highest BCUT2D eigenvalue weighted by Crippen LogP contribution is 2.43. The first-order valence-electron chi connectivity index (χ1n) is 10.7. The summed E-state index contributed by atoms with van der Waals surface area (Å²) in [6.07, 6.45) is 6.64. The molecule has 1 aliphatic carbocycles. The topological polar surface area (TPSA) is 45.5 Å². The minimum absolute atomic E-state index is 0.258. The van der Waals surface area contributed by atoms with E-state index in [4.69, 9.17) is 4.42 Å². The van der Waals surface area contributed by atoms with Gasteiger partial charge in [0.2, 0.25) is 5.91 Å². The number of hydrogen-bond acceptors (Lipinski definition) is 4. The van der Waals surface area contributed by atoms with Crippen LogP contribution in [0.5, 0.6) is 0 Å². The number of thiophene rings is 1. The van der Waals surface area contributed by atoms with Crippen molar-refractivity contribution < 1.29 is 9.21 Å². The summed E-state index contributed by atoms with van der Waals surface area (Å²) in [5.74, 6) is 2.90. The van der Waals surface area contributed by atoms with Crippen molar-refractivity contribution in [2.75, 3.05) is 19.6 Å². The highest BCUT2D eigenvalue weighted by atomic mass is 32.1. The van der Waals surface area contributed by atoms with E-state index in [1.807, 2.05) is 6.92 Å². The molecular weight excluding hydrogens is 368 g/mol. The summed E-state index contributed by atoms with van der Waals surface area (Å²) in [7, 11) is 0. The molecule has 1 N–H and O–H groups in total. The zero-order chi connectivity index (χ0) is 19.6. The first-order valence-corrected chi connectivity index (χ1v) is 11.6. The van der Waals surface area contributed by atoms with Crippen LogP contribution in [0.15, 0.2) is 28.0 Å². The molecule has 0 bridgehead atoms. The van der Waals surface area contributed by atoms with Gasteiger partial charge in [-0.2, -0.15) is 0 Å². The van der Waals surface area contributed by atoms with E-state index in [2.05, 4.69) is 40.7 Å². The molecular formula is C23H32N2O2S. The van der Waals surface area contributed by atoms with Crippen molar-refractivity contribution in [3.63, 3.8) is 0 Å². The van der Waals surface area contributed by atoms with Gasteiger partial charge in [-0.15, -0.1) is 11.3 Å². The molecule has 1 saturated carbocycles. The summed E-state index contributed by atoms with van der Waals surface area (Å²) >= 11 is 1.74. The summed E-state index contributed by atoms with van der Waals surface area (Å²) in [6.45, 7) is 8.06. The summed E-state index contributed by atoms with van der Waals surface area (Å²) in [5, 5.41) is 5.43. The van der Waals surface area contributed by atoms with Gasteiger partial charge in [-0.05, 0) is 76.1 Å². The van der Waals surface area contributed by atoms with Crippen LogP contribution < -0.4 is 5.32 Å². The molecule has 1 saturated heterocycles. The third kappa shape index (κ3) is 4.06. The number of nitrogens with zero attached hydrogens (tertiary/aromatic N) is 1. The lowest BCUT2D eigenvalue weighted by atomic mass is 9.83. The fourth-order valence-electron chi connectivity index (χ4n) is 4.95. The van der Waals surface area contributed by atoms with E-state index >= 15 is 0 Å². The Hall–Kier alpha value is -1.59. The normalized spacial score (nSPS) is 20.5. The van der Waals surface area contributed by atoms with E-state index in [9.17, 15) is 4.79 Å². The van der Waals surface area contributed by atoms with Crippen molar-refractivity contribution in [1.29, 1.82) is 0 Å². The van der Waals surface area contributed by atoms with Crippen LogP contribution in [0.1, 0.15) is 60.5 Å². The molecule has 28 heavy (non-hydrogen) atoms. The van der Waals surface area contributed by atoms with Crippen molar-refractivity contribution in [3.8, 4) is 0 Å². The van der Waals surface area contributed by atoms with Crippen LogP contribution in [-0.4, -0.2) is 30.4 Å². The summed E-state index contributed by atoms with van der Waals surface area (Å²) in [6, 6.07) is 6.38. The predicted molar refractivity (Wildman–Crippen MR) is 114 cm³/mol. The van der Waals surface area contributed by atoms with Crippen LogP contribution in [-0.2, 0) is 16.8 Å². The second-order valence-corrected chi connectivity index (χ2v) is 9.58. The van der Waals surface area contributed by atoms with Crippen molar-refractivity contribution in [3.05, 3.63) is 45.5 Å². The van der Waals surface area contributed by atoms with Gasteiger partial charge < -0.3 is 9.73 Å². The Morgan fingerprint density at radius 3 is 2.64 bits per heavy atom. The van der Waals surface area contributed by atoms with Crippen LogP contribution in [0.2, 0.25) is 0 Å². The third-order valence-corrected chi connectivity index (χ3v) is 7.75. The second-order valence-electron chi connectivity index (χ2n) is 8.63. The fraction of sp³-hybridized carbons (Fsp3) is 0.609. The van der Waals surface area contributed by atoms with Gasteiger partial charge in [-0.1, -0.05) is 18.9 Å². The van der Waals surface area contributed by atoms with Crippen LogP contribution in [0.4, 0.5) is 0 Å². The zero-order valence-corrected chi connectivity index (χ0v) is 17.9. The van der Waals surface area contributed by atoms with E-state index in [1.54, 1.807) is 11.3 Å². The number of likely N-dealkylation sites (tertiary alicyclic amines) is 1. The second kappa shape index (κ2) is 8.42. The number of aryl methyl sites for hydroxylation is 2. The monoisotopic (exact) mass is 400 g/mol. The molecule has 0 unspecified atom stereocenters. The van der Waals surface area contributed by atoms with Crippen LogP contribution >= 0.6 is 11.3 Å². The van der Waals surface area contributed by atoms with Gasteiger partial charge >= 0.3 is 0 Å². The Morgan fingerprint density at radius 1 is 1.29 bits per heavy atom. The molecule has 152 valence electrons. The molecule has 2 aliphatic rings. The van der Waals surface area contributed by atoms with Gasteiger partial charge in [0, 0.05) is 23.5 Å². The molecule has 2 fully saturated rings. The lowest BCUT2D eigenvalue weighted by molar-refractivity contribution is -0.126. The van der Waals surface area contributed by atoms with Crippen molar-refractivity contribution in [1.82, 2.24) is 10.2 Å². The van der Waals surface area contributed by atoms with Crippen LogP contribution in [0, 0.1) is 19.8 Å². The number of hydrogen-bond donors (Lipinski definition) is 1. The SMILES string of the molecule is Cc1cc(CN2CCC(CNC(=O)C3(c4cccs4)CCCC3)CC2)c(C)o1. The molecule has 4 rings (SSSR count). The Balaban J connectivity index is 1.27. The van der Waals surface area contributed by atoms with E-state index in [0.717, 1.165) is 76.2 Å². The Kier molecular flexibility index (Phi) is 5.93. The first-order chi connectivity index (χ1) is 13.6. The average molecular weight is 401 g/mol. The molecule has 2 aromatic heterocycles. The number of nitrogens with one attached hydrogen (secondary N) is 1. The van der Waals surface area contributed by atoms with Crippen LogP contribution in [0.25, 0.3) is 0 Å². The average Bonchev–Trinajstić information content (AvgIpc) is 3.43. The summed E-state index contributed by atoms with van der Waals surface area (Å²) < 4.78 is 5.66. The van der Waals surface area contributed by atoms with Gasteiger partial charge in [0.1, 0.15) is 11.5 Å². The van der Waals surface area contributed by atoms with Gasteiger partial charge in [0.25, 0.3) is 0 Å². The third-order valence-electron chi connectivity index (χ3n) is 6.68. The number of rotatable bonds is 6. The minimum Gasteiger partial charge on any atom is -0.466 e. The number of furan rings is 1. The summed E-state index contributed by atoms with van der Waals surface area (Å²) in [5.41, 5.74) is 1.05. The van der Waals surface area contributed by atoms with Crippen LogP contribution in [0.3, 0.4) is 0 Å². The Morgan fingerprint density at radius 2 is 2.04 bits per heavy atom. The molecule has 0 atom stereocenters. The fourth-order valence-corrected chi connectivity index (χ4v) is 5.93. The zero-order valence-electron chi connectivity index (χ0n) is 17.1. The molecule has 5 heteroatoms. The molecule has 2 aromatic rings. The molecule has 3 heterocycles. The highest BCUT2D eigenvalue weighted by Gasteiger charge is 2.43. The Labute approximate surface area is 172 Å². The molecule has 0 aromatic carbocycles. The molecule has 4 nitrogen and oxygen atoms in total. The minimum atomic E-state index is -0.258. The molecule has 1 aliphatic heterocycles. The van der Waals surface area contributed by atoms with Crippen molar-refractivity contribution in [2.24, 2.45) is 5.92 Å². The van der Waals surface area contributed by atoms with E-state index in [0.29, 0.717) is 5.92 Å². The molecule has 1 amide bonds. The van der Waals surface area contributed by atoms with E-state index in [1.165, 1.54) is 10.4 Å². The number of carbonyl (C=O) groups is 1. The van der Waals surface area contributed by atoms with Gasteiger partial charge in [-0.25, -0.2) is 0 Å². The van der Waals surface area contributed by atoms with Crippen molar-refractivity contribution >= 4 is 17.2 Å². The maximum atomic E-state index is 13.1. The number of carbonyl (C=O) groups excluding carboxylic acids is 1. The smallest absolute Gasteiger partial charge is 0.231 e. The number of piperidine rings is 1. The van der Waals surface area contributed by atoms with Gasteiger partial charge in [0.15, 0.2) is 0 Å². The van der Waals surface area contributed by atoms with E-state index < -0.39 is 0 Å². The van der Waals surface area contributed by atoms with E-state index in [-0.39, 0.29) is 11.3 Å². The highest BCUT2D eigenvalue weighted by molar-refractivity contribution is 7.10. The lowest BCUT2D eigenvalue weighted by Gasteiger charge is -2.33. The first kappa shape index (κ1) is 19.7. The maximum Gasteiger partial charge on any atom is 0.231 e. The predicted octanol–water partition coefficient (Wildman–Crippen LogP) is 4.80. The van der Waals surface area contributed by atoms with Gasteiger partial charge in [-0.3, -0.25) is 9.69 Å². The lowest BCUT2D eigenvalue weighted by Crippen LogP contribution is -2.45. The molecule has 0 radical (unpaired) electrons. The quantitative estimate of drug-likeness (QED) is 0.758. The maximum absolute atomic E-state index is 13.1. The summed E-state index contributed by atoms with van der Waals surface area (Å²) in [4.78, 5) is 16.9.